The third kappa shape index (κ3) is 2.49. The lowest BCUT2D eigenvalue weighted by atomic mass is 9.83. The summed E-state index contributed by atoms with van der Waals surface area (Å²) in [5, 5.41) is 10.2. The first-order valence-corrected chi connectivity index (χ1v) is 4.57. The Labute approximate surface area is 95.7 Å². The van der Waals surface area contributed by atoms with Crippen LogP contribution in [0.2, 0.25) is 0 Å². The molecule has 1 amide bonds. The molecular formula is C11H16ClNO2. The van der Waals surface area contributed by atoms with Crippen molar-refractivity contribution in [2.75, 3.05) is 0 Å². The van der Waals surface area contributed by atoms with Crippen molar-refractivity contribution >= 4 is 18.3 Å². The van der Waals surface area contributed by atoms with Gasteiger partial charge >= 0.3 is 0 Å². The maximum atomic E-state index is 11.2. The highest BCUT2D eigenvalue weighted by atomic mass is 35.5. The van der Waals surface area contributed by atoms with Crippen molar-refractivity contribution in [1.29, 1.82) is 0 Å². The highest BCUT2D eigenvalue weighted by Crippen LogP contribution is 2.28. The number of hydrogen-bond acceptors (Lipinski definition) is 2. The summed E-state index contributed by atoms with van der Waals surface area (Å²) in [6, 6.07) is 8.76. The zero-order valence-corrected chi connectivity index (χ0v) is 9.62. The fourth-order valence-corrected chi connectivity index (χ4v) is 1.45. The van der Waals surface area contributed by atoms with Gasteiger partial charge in [0.25, 0.3) is 5.91 Å². The van der Waals surface area contributed by atoms with Gasteiger partial charge in [-0.3, -0.25) is 4.79 Å². The van der Waals surface area contributed by atoms with E-state index in [2.05, 4.69) is 0 Å². The molecule has 1 rings (SSSR count). The third-order valence-electron chi connectivity index (χ3n) is 2.43. The number of rotatable bonds is 3. The maximum absolute atomic E-state index is 11.2. The molecule has 1 atom stereocenters. The molecule has 1 unspecified atom stereocenters. The zero-order chi connectivity index (χ0) is 10.8. The first-order valence-electron chi connectivity index (χ1n) is 4.57. The van der Waals surface area contributed by atoms with Crippen LogP contribution in [0.25, 0.3) is 0 Å². The van der Waals surface area contributed by atoms with Gasteiger partial charge < -0.3 is 10.8 Å². The van der Waals surface area contributed by atoms with E-state index >= 15 is 0 Å². The van der Waals surface area contributed by atoms with Crippen LogP contribution in [-0.2, 0) is 10.4 Å². The Bertz CT molecular complexity index is 327. The summed E-state index contributed by atoms with van der Waals surface area (Å²) in [5.74, 6) is -0.957. The fraction of sp³-hybridized carbons (Fsp3) is 0.364. The van der Waals surface area contributed by atoms with Crippen LogP contribution in [0.3, 0.4) is 0 Å². The summed E-state index contributed by atoms with van der Waals surface area (Å²) in [6.45, 7) is 3.52. The molecule has 0 radical (unpaired) electrons. The van der Waals surface area contributed by atoms with Gasteiger partial charge in [-0.15, -0.1) is 12.4 Å². The minimum Gasteiger partial charge on any atom is -0.375 e. The zero-order valence-electron chi connectivity index (χ0n) is 8.81. The van der Waals surface area contributed by atoms with Crippen LogP contribution in [0.15, 0.2) is 30.3 Å². The second kappa shape index (κ2) is 5.14. The van der Waals surface area contributed by atoms with Crippen molar-refractivity contribution in [3.05, 3.63) is 35.9 Å². The molecule has 0 saturated heterocycles. The number of aliphatic hydroxyl groups is 1. The average molecular weight is 230 g/mol. The van der Waals surface area contributed by atoms with E-state index in [4.69, 9.17) is 5.73 Å². The number of benzene rings is 1. The van der Waals surface area contributed by atoms with Crippen LogP contribution in [-0.4, -0.2) is 11.0 Å². The molecule has 0 aliphatic carbocycles. The van der Waals surface area contributed by atoms with E-state index in [1.54, 1.807) is 38.1 Å². The van der Waals surface area contributed by atoms with Crippen molar-refractivity contribution in [3.63, 3.8) is 0 Å². The van der Waals surface area contributed by atoms with Crippen LogP contribution in [0.5, 0.6) is 0 Å². The van der Waals surface area contributed by atoms with Crippen LogP contribution >= 0.6 is 12.4 Å². The van der Waals surface area contributed by atoms with Gasteiger partial charge in [0.1, 0.15) is 0 Å². The lowest BCUT2D eigenvalue weighted by molar-refractivity contribution is -0.142. The molecule has 3 N–H and O–H groups in total. The Balaban J connectivity index is 0.00000196. The minimum atomic E-state index is -1.57. The molecule has 1 aromatic rings. The van der Waals surface area contributed by atoms with Gasteiger partial charge in [0.05, 0.1) is 0 Å². The Morgan fingerprint density at radius 2 is 1.80 bits per heavy atom. The molecule has 84 valence electrons. The van der Waals surface area contributed by atoms with E-state index in [9.17, 15) is 9.90 Å². The summed E-state index contributed by atoms with van der Waals surface area (Å²) in [4.78, 5) is 11.2. The monoisotopic (exact) mass is 229 g/mol. The second-order valence-corrected chi connectivity index (χ2v) is 3.65. The van der Waals surface area contributed by atoms with Crippen LogP contribution < -0.4 is 5.73 Å². The van der Waals surface area contributed by atoms with Gasteiger partial charge in [-0.25, -0.2) is 0 Å². The van der Waals surface area contributed by atoms with Crippen molar-refractivity contribution in [1.82, 2.24) is 0 Å². The molecule has 0 aromatic heterocycles. The van der Waals surface area contributed by atoms with E-state index in [-0.39, 0.29) is 18.3 Å². The Hall–Kier alpha value is -1.06. The predicted molar refractivity (Wildman–Crippen MR) is 61.6 cm³/mol. The summed E-state index contributed by atoms with van der Waals surface area (Å²) < 4.78 is 0. The fourth-order valence-electron chi connectivity index (χ4n) is 1.45. The Kier molecular flexibility index (Phi) is 4.78. The maximum Gasteiger partial charge on any atom is 0.254 e. The summed E-state index contributed by atoms with van der Waals surface area (Å²) in [5.41, 5.74) is 4.19. The molecule has 3 nitrogen and oxygen atoms in total. The van der Waals surface area contributed by atoms with Crippen molar-refractivity contribution < 1.29 is 9.90 Å². The van der Waals surface area contributed by atoms with Crippen molar-refractivity contribution in [2.45, 2.75) is 19.4 Å². The molecule has 4 heteroatoms. The molecule has 0 saturated carbocycles. The van der Waals surface area contributed by atoms with Gasteiger partial charge in [0.2, 0.25) is 0 Å². The Morgan fingerprint density at radius 1 is 1.33 bits per heavy atom. The summed E-state index contributed by atoms with van der Waals surface area (Å²) in [7, 11) is 0. The lowest BCUT2D eigenvalue weighted by Crippen LogP contribution is -2.45. The van der Waals surface area contributed by atoms with Gasteiger partial charge in [-0.1, -0.05) is 44.2 Å². The Morgan fingerprint density at radius 3 is 2.13 bits per heavy atom. The largest absolute Gasteiger partial charge is 0.375 e. The molecule has 0 bridgehead atoms. The van der Waals surface area contributed by atoms with Crippen molar-refractivity contribution in [3.8, 4) is 0 Å². The van der Waals surface area contributed by atoms with E-state index in [0.29, 0.717) is 5.56 Å². The number of hydrogen-bond donors (Lipinski definition) is 2. The highest BCUT2D eigenvalue weighted by Gasteiger charge is 2.39. The molecule has 0 spiro atoms. The highest BCUT2D eigenvalue weighted by molar-refractivity contribution is 5.85. The molecule has 0 aliphatic heterocycles. The quantitative estimate of drug-likeness (QED) is 0.824. The molecule has 15 heavy (non-hydrogen) atoms. The number of nitrogens with two attached hydrogens (primary N) is 1. The van der Waals surface area contributed by atoms with Gasteiger partial charge in [0.15, 0.2) is 5.60 Å². The standard InChI is InChI=1S/C11H15NO2.ClH/c1-8(2)11(14,10(12)13)9-6-4-3-5-7-9;/h3-8,14H,1-2H3,(H2,12,13);1H. The van der Waals surface area contributed by atoms with E-state index in [1.165, 1.54) is 0 Å². The number of halogens is 1. The van der Waals surface area contributed by atoms with Crippen LogP contribution in [0, 0.1) is 5.92 Å². The number of amides is 1. The first-order chi connectivity index (χ1) is 6.49. The van der Waals surface area contributed by atoms with Gasteiger partial charge in [-0.05, 0) is 11.5 Å². The lowest BCUT2D eigenvalue weighted by Gasteiger charge is -2.29. The number of primary amides is 1. The predicted octanol–water partition coefficient (Wildman–Crippen LogP) is 1.44. The second-order valence-electron chi connectivity index (χ2n) is 3.65. The van der Waals surface area contributed by atoms with E-state index in [1.807, 2.05) is 6.07 Å². The smallest absolute Gasteiger partial charge is 0.254 e. The summed E-state index contributed by atoms with van der Waals surface area (Å²) >= 11 is 0. The average Bonchev–Trinajstić information content (AvgIpc) is 2.17. The molecule has 0 fully saturated rings. The van der Waals surface area contributed by atoms with E-state index in [0.717, 1.165) is 0 Å². The van der Waals surface area contributed by atoms with E-state index < -0.39 is 11.5 Å². The SMILES string of the molecule is CC(C)C(O)(C(N)=O)c1ccccc1.Cl. The first kappa shape index (κ1) is 13.9. The minimum absolute atomic E-state index is 0. The van der Waals surface area contributed by atoms with Gasteiger partial charge in [0, 0.05) is 0 Å². The molecule has 1 aromatic carbocycles. The normalized spacial score (nSPS) is 14.1. The van der Waals surface area contributed by atoms with Crippen LogP contribution in [0.1, 0.15) is 19.4 Å². The van der Waals surface area contributed by atoms with Crippen LogP contribution in [0.4, 0.5) is 0 Å². The number of carbonyl (C=O) groups excluding carboxylic acids is 1. The molecule has 0 heterocycles. The van der Waals surface area contributed by atoms with Crippen molar-refractivity contribution in [2.24, 2.45) is 11.7 Å². The van der Waals surface area contributed by atoms with Gasteiger partial charge in [-0.2, -0.15) is 0 Å². The topological polar surface area (TPSA) is 63.3 Å². The third-order valence-corrected chi connectivity index (χ3v) is 2.43. The summed E-state index contributed by atoms with van der Waals surface area (Å²) in [6.07, 6.45) is 0. The molecular weight excluding hydrogens is 214 g/mol. The molecule has 0 aliphatic rings. The number of carbonyl (C=O) groups is 1.